The lowest BCUT2D eigenvalue weighted by atomic mass is 9.45. The van der Waals surface area contributed by atoms with Crippen LogP contribution in [-0.2, 0) is 28.7 Å². The Hall–Kier alpha value is -1.42. The molecule has 0 radical (unpaired) electrons. The lowest BCUT2D eigenvalue weighted by molar-refractivity contribution is -0.173. The van der Waals surface area contributed by atoms with Gasteiger partial charge in [0.05, 0.1) is 12.4 Å². The van der Waals surface area contributed by atoms with Crippen molar-refractivity contribution in [3.63, 3.8) is 0 Å². The van der Waals surface area contributed by atoms with Crippen LogP contribution in [0.5, 0.6) is 0 Å². The second-order valence-corrected chi connectivity index (χ2v) is 11.8. The van der Waals surface area contributed by atoms with Crippen molar-refractivity contribution in [2.75, 3.05) is 12.9 Å². The number of fused-ring (bicyclic) bond motifs is 5. The van der Waals surface area contributed by atoms with E-state index in [2.05, 4.69) is 0 Å². The summed E-state index contributed by atoms with van der Waals surface area (Å²) in [5.74, 6) is -1.89. The Morgan fingerprint density at radius 3 is 2.55 bits per heavy atom. The van der Waals surface area contributed by atoms with Gasteiger partial charge in [0.25, 0.3) is 10.1 Å². The minimum absolute atomic E-state index is 0.0382. The van der Waals surface area contributed by atoms with Crippen LogP contribution in [-0.4, -0.2) is 60.5 Å². The Kier molecular flexibility index (Phi) is 5.17. The predicted molar refractivity (Wildman–Crippen MR) is 109 cm³/mol. The number of hydrogen-bond acceptors (Lipinski definition) is 8. The average Bonchev–Trinajstić information content (AvgIpc) is 2.92. The first-order valence-electron chi connectivity index (χ1n) is 10.8. The zero-order chi connectivity index (χ0) is 23.0. The van der Waals surface area contributed by atoms with Crippen molar-refractivity contribution in [1.82, 2.24) is 0 Å². The lowest BCUT2D eigenvalue weighted by Gasteiger charge is -2.59. The van der Waals surface area contributed by atoms with Crippen molar-refractivity contribution >= 4 is 27.5 Å². The van der Waals surface area contributed by atoms with E-state index in [0.717, 1.165) is 11.8 Å². The number of ketones is 3. The molecule has 0 aromatic rings. The summed E-state index contributed by atoms with van der Waals surface area (Å²) in [6, 6.07) is 0. The van der Waals surface area contributed by atoms with E-state index in [9.17, 15) is 33.0 Å². The normalized spacial score (nSPS) is 44.9. The van der Waals surface area contributed by atoms with E-state index in [-0.39, 0.29) is 42.7 Å². The summed E-state index contributed by atoms with van der Waals surface area (Å²) < 4.78 is 29.3. The van der Waals surface area contributed by atoms with Crippen LogP contribution in [0.1, 0.15) is 52.4 Å². The van der Waals surface area contributed by atoms with E-state index in [1.165, 1.54) is 0 Å². The monoisotopic (exact) mass is 454 g/mol. The summed E-state index contributed by atoms with van der Waals surface area (Å²) in [5, 5.41) is 20.7. The Balaban J connectivity index is 1.79. The van der Waals surface area contributed by atoms with Crippen LogP contribution in [0.4, 0.5) is 0 Å². The van der Waals surface area contributed by atoms with Gasteiger partial charge < -0.3 is 10.2 Å². The molecule has 0 amide bonds. The SMILES string of the molecule is C[C@]12CC(=O)[C@H]3[C@@H](CCC4=CC(=O)CC(OS(C)(=O)=O)[C@@]43C)[C@@H]1CC[C@]2(O)C(=O)CO. The molecule has 1 unspecified atom stereocenters. The first-order chi connectivity index (χ1) is 14.3. The molecule has 31 heavy (non-hydrogen) atoms. The largest absolute Gasteiger partial charge is 0.388 e. The zero-order valence-electron chi connectivity index (χ0n) is 18.1. The van der Waals surface area contributed by atoms with Crippen LogP contribution >= 0.6 is 0 Å². The highest BCUT2D eigenvalue weighted by atomic mass is 32.2. The number of hydrogen-bond donors (Lipinski definition) is 2. The number of carbonyl (C=O) groups excluding carboxylic acids is 3. The van der Waals surface area contributed by atoms with Gasteiger partial charge in [0.2, 0.25) is 0 Å². The maximum Gasteiger partial charge on any atom is 0.264 e. The van der Waals surface area contributed by atoms with E-state index in [0.29, 0.717) is 19.3 Å². The highest BCUT2D eigenvalue weighted by Crippen LogP contribution is 2.66. The molecule has 0 spiro atoms. The second-order valence-electron chi connectivity index (χ2n) is 10.2. The maximum absolute atomic E-state index is 13.6. The van der Waals surface area contributed by atoms with Gasteiger partial charge in [0.15, 0.2) is 11.6 Å². The molecular formula is C22H30O8S. The van der Waals surface area contributed by atoms with Crippen LogP contribution < -0.4 is 0 Å². The molecule has 8 nitrogen and oxygen atoms in total. The Labute approximate surface area is 182 Å². The lowest BCUT2D eigenvalue weighted by Crippen LogP contribution is -2.63. The van der Waals surface area contributed by atoms with E-state index >= 15 is 0 Å². The van der Waals surface area contributed by atoms with Crippen molar-refractivity contribution in [2.24, 2.45) is 28.6 Å². The molecule has 2 N–H and O–H groups in total. The van der Waals surface area contributed by atoms with Gasteiger partial charge in [-0.3, -0.25) is 18.6 Å². The van der Waals surface area contributed by atoms with Crippen molar-refractivity contribution in [3.05, 3.63) is 11.6 Å². The van der Waals surface area contributed by atoms with E-state index in [1.807, 2.05) is 6.92 Å². The van der Waals surface area contributed by atoms with Crippen molar-refractivity contribution in [1.29, 1.82) is 0 Å². The summed E-state index contributed by atoms with van der Waals surface area (Å²) in [6.07, 6.45) is 3.23. The standard InChI is InChI=1S/C22H30O8S/c1-20-10-16(25)19-14(15(20)6-7-22(20,27)17(26)11-23)5-4-12-8-13(24)9-18(21(12,19)2)30-31(3,28)29/h8,14-15,18-19,23,27H,4-7,9-11H2,1-3H3/t14-,15-,18?,19+,20-,21+,22-/m0/s1. The van der Waals surface area contributed by atoms with Gasteiger partial charge in [-0.2, -0.15) is 8.42 Å². The molecule has 0 aromatic carbocycles. The summed E-state index contributed by atoms with van der Waals surface area (Å²) in [5.41, 5.74) is -2.94. The molecular weight excluding hydrogens is 424 g/mol. The molecule has 0 bridgehead atoms. The van der Waals surface area contributed by atoms with Gasteiger partial charge in [-0.1, -0.05) is 19.4 Å². The predicted octanol–water partition coefficient (Wildman–Crippen LogP) is 0.944. The smallest absolute Gasteiger partial charge is 0.264 e. The highest BCUT2D eigenvalue weighted by Gasteiger charge is 2.69. The Bertz CT molecular complexity index is 983. The molecule has 7 atom stereocenters. The van der Waals surface area contributed by atoms with Crippen LogP contribution in [0.15, 0.2) is 11.6 Å². The molecule has 0 saturated heterocycles. The number of aliphatic hydroxyl groups is 2. The molecule has 0 heterocycles. The fourth-order valence-corrected chi connectivity index (χ4v) is 8.03. The third kappa shape index (κ3) is 3.11. The van der Waals surface area contributed by atoms with Crippen molar-refractivity contribution in [2.45, 2.75) is 64.1 Å². The highest BCUT2D eigenvalue weighted by molar-refractivity contribution is 7.86. The van der Waals surface area contributed by atoms with Crippen molar-refractivity contribution in [3.8, 4) is 0 Å². The number of carbonyl (C=O) groups is 3. The van der Waals surface area contributed by atoms with E-state index < -0.39 is 51.0 Å². The number of Topliss-reactive ketones (excluding diaryl/α,β-unsaturated/α-hetero) is 2. The first-order valence-corrected chi connectivity index (χ1v) is 12.6. The van der Waals surface area contributed by atoms with Gasteiger partial charge in [0.1, 0.15) is 18.0 Å². The van der Waals surface area contributed by atoms with Crippen molar-refractivity contribution < 1.29 is 37.2 Å². The molecule has 4 rings (SSSR count). The summed E-state index contributed by atoms with van der Waals surface area (Å²) in [7, 11) is -3.86. The fraction of sp³-hybridized carbons (Fsp3) is 0.773. The molecule has 0 aromatic heterocycles. The van der Waals surface area contributed by atoms with Gasteiger partial charge in [-0.05, 0) is 43.6 Å². The van der Waals surface area contributed by atoms with Crippen LogP contribution in [0.3, 0.4) is 0 Å². The quantitative estimate of drug-likeness (QED) is 0.600. The third-order valence-electron chi connectivity index (χ3n) is 8.79. The molecule has 0 aliphatic heterocycles. The molecule has 3 saturated carbocycles. The number of rotatable bonds is 4. The van der Waals surface area contributed by atoms with Gasteiger partial charge in [-0.15, -0.1) is 0 Å². The maximum atomic E-state index is 13.6. The molecule has 3 fully saturated rings. The Morgan fingerprint density at radius 1 is 1.26 bits per heavy atom. The summed E-state index contributed by atoms with van der Waals surface area (Å²) in [6.45, 7) is 2.80. The summed E-state index contributed by atoms with van der Waals surface area (Å²) in [4.78, 5) is 38.4. The van der Waals surface area contributed by atoms with Crippen LogP contribution in [0.2, 0.25) is 0 Å². The molecule has 9 heteroatoms. The first kappa shape index (κ1) is 22.8. The van der Waals surface area contributed by atoms with Gasteiger partial charge in [0, 0.05) is 29.6 Å². The zero-order valence-corrected chi connectivity index (χ0v) is 18.9. The molecule has 172 valence electrons. The third-order valence-corrected chi connectivity index (χ3v) is 9.37. The molecule has 4 aliphatic carbocycles. The summed E-state index contributed by atoms with van der Waals surface area (Å²) >= 11 is 0. The average molecular weight is 455 g/mol. The van der Waals surface area contributed by atoms with Crippen LogP contribution in [0, 0.1) is 28.6 Å². The fourth-order valence-electron chi connectivity index (χ4n) is 7.34. The second kappa shape index (κ2) is 7.04. The van der Waals surface area contributed by atoms with Gasteiger partial charge >= 0.3 is 0 Å². The van der Waals surface area contributed by atoms with Crippen LogP contribution in [0.25, 0.3) is 0 Å². The minimum Gasteiger partial charge on any atom is -0.388 e. The topological polar surface area (TPSA) is 135 Å². The van der Waals surface area contributed by atoms with E-state index in [4.69, 9.17) is 4.18 Å². The Morgan fingerprint density at radius 2 is 1.94 bits per heavy atom. The van der Waals surface area contributed by atoms with Gasteiger partial charge in [-0.25, -0.2) is 0 Å². The number of aliphatic hydroxyl groups excluding tert-OH is 1. The minimum atomic E-state index is -3.86. The molecule has 4 aliphatic rings. The van der Waals surface area contributed by atoms with E-state index in [1.54, 1.807) is 13.0 Å².